The summed E-state index contributed by atoms with van der Waals surface area (Å²) in [6.45, 7) is 1.75. The van der Waals surface area contributed by atoms with Gasteiger partial charge < -0.3 is 4.74 Å². The number of ether oxygens (including phenoxy) is 1. The van der Waals surface area contributed by atoms with Gasteiger partial charge in [-0.05, 0) is 25.1 Å². The van der Waals surface area contributed by atoms with Gasteiger partial charge in [-0.1, -0.05) is 0 Å². The molecule has 0 fully saturated rings. The van der Waals surface area contributed by atoms with Gasteiger partial charge in [0.2, 0.25) is 9.84 Å². The van der Waals surface area contributed by atoms with Crippen molar-refractivity contribution in [3.63, 3.8) is 0 Å². The molecule has 0 amide bonds. The maximum Gasteiger partial charge on any atom is 0.203 e. The monoisotopic (exact) mass is 262 g/mol. The molecule has 0 aliphatic carbocycles. The number of aryl methyl sites for hydroxylation is 1. The first-order valence-electron chi connectivity index (χ1n) is 5.37. The number of fused-ring (bicyclic) bond motifs is 2. The van der Waals surface area contributed by atoms with Crippen LogP contribution in [0.1, 0.15) is 11.3 Å². The molecule has 0 aromatic carbocycles. The van der Waals surface area contributed by atoms with E-state index in [9.17, 15) is 8.42 Å². The summed E-state index contributed by atoms with van der Waals surface area (Å²) in [4.78, 5) is 8.00. The largest absolute Gasteiger partial charge is 0.454 e. The molecule has 3 heterocycles. The van der Waals surface area contributed by atoms with E-state index in [1.165, 1.54) is 6.20 Å². The summed E-state index contributed by atoms with van der Waals surface area (Å²) >= 11 is 0. The third-order valence-corrected chi connectivity index (χ3v) is 4.26. The predicted octanol–water partition coefficient (Wildman–Crippen LogP) is 1.86. The van der Waals surface area contributed by atoms with Crippen LogP contribution in [0.15, 0.2) is 35.6 Å². The maximum atomic E-state index is 12.2. The Bertz CT molecular complexity index is 726. The first kappa shape index (κ1) is 11.2. The second kappa shape index (κ2) is 3.78. The van der Waals surface area contributed by atoms with E-state index in [1.54, 1.807) is 31.3 Å². The number of rotatable bonds is 0. The molecule has 18 heavy (non-hydrogen) atoms. The Morgan fingerprint density at radius 2 is 2.06 bits per heavy atom. The minimum atomic E-state index is -3.49. The van der Waals surface area contributed by atoms with E-state index in [4.69, 9.17) is 4.74 Å². The van der Waals surface area contributed by atoms with Gasteiger partial charge in [-0.2, -0.15) is 0 Å². The van der Waals surface area contributed by atoms with Gasteiger partial charge in [0.25, 0.3) is 0 Å². The van der Waals surface area contributed by atoms with E-state index in [0.29, 0.717) is 17.0 Å². The van der Waals surface area contributed by atoms with Crippen molar-refractivity contribution in [2.24, 2.45) is 0 Å². The lowest BCUT2D eigenvalue weighted by Gasteiger charge is -2.06. The molecule has 92 valence electrons. The Hall–Kier alpha value is -1.95. The quantitative estimate of drug-likeness (QED) is 0.725. The second-order valence-electron chi connectivity index (χ2n) is 4.10. The van der Waals surface area contributed by atoms with Gasteiger partial charge in [-0.15, -0.1) is 0 Å². The van der Waals surface area contributed by atoms with Gasteiger partial charge in [0.1, 0.15) is 5.75 Å². The summed E-state index contributed by atoms with van der Waals surface area (Å²) in [5.74, 6) is 0.642. The van der Waals surface area contributed by atoms with Gasteiger partial charge in [0, 0.05) is 23.7 Å². The SMILES string of the molecule is Cc1ccc2c(n1)S(=O)(=O)Cc1cnccc1O2. The van der Waals surface area contributed by atoms with Crippen molar-refractivity contribution in [2.75, 3.05) is 0 Å². The van der Waals surface area contributed by atoms with Crippen LogP contribution in [0.4, 0.5) is 0 Å². The zero-order valence-corrected chi connectivity index (χ0v) is 10.4. The summed E-state index contributed by atoms with van der Waals surface area (Å²) in [5, 5.41) is -0.00120. The lowest BCUT2D eigenvalue weighted by Crippen LogP contribution is -2.06. The molecular formula is C12H10N2O3S. The van der Waals surface area contributed by atoms with Crippen LogP contribution in [0, 0.1) is 6.92 Å². The van der Waals surface area contributed by atoms with Crippen LogP contribution in [0.3, 0.4) is 0 Å². The molecule has 1 aliphatic rings. The zero-order valence-electron chi connectivity index (χ0n) is 9.62. The van der Waals surface area contributed by atoms with Crippen molar-refractivity contribution >= 4 is 9.84 Å². The highest BCUT2D eigenvalue weighted by molar-refractivity contribution is 7.90. The maximum absolute atomic E-state index is 12.2. The Labute approximate surface area is 104 Å². The fourth-order valence-corrected chi connectivity index (χ4v) is 3.30. The average Bonchev–Trinajstić information content (AvgIpc) is 2.43. The average molecular weight is 262 g/mol. The fourth-order valence-electron chi connectivity index (χ4n) is 1.83. The summed E-state index contributed by atoms with van der Waals surface area (Å²) in [6.07, 6.45) is 3.07. The molecular weight excluding hydrogens is 252 g/mol. The Kier molecular flexibility index (Phi) is 2.34. The number of aromatic nitrogens is 2. The topological polar surface area (TPSA) is 69.2 Å². The van der Waals surface area contributed by atoms with Gasteiger partial charge in [0.05, 0.1) is 5.75 Å². The number of pyridine rings is 2. The molecule has 5 nitrogen and oxygen atoms in total. The minimum Gasteiger partial charge on any atom is -0.454 e. The number of hydrogen-bond donors (Lipinski definition) is 0. The summed E-state index contributed by atoms with van der Waals surface area (Å²) in [6, 6.07) is 5.01. The van der Waals surface area contributed by atoms with Crippen molar-refractivity contribution in [3.05, 3.63) is 41.9 Å². The fraction of sp³-hybridized carbons (Fsp3) is 0.167. The smallest absolute Gasteiger partial charge is 0.203 e. The van der Waals surface area contributed by atoms with Crippen molar-refractivity contribution in [1.29, 1.82) is 0 Å². The molecule has 0 bridgehead atoms. The Morgan fingerprint density at radius 1 is 1.22 bits per heavy atom. The highest BCUT2D eigenvalue weighted by Gasteiger charge is 2.28. The van der Waals surface area contributed by atoms with Gasteiger partial charge in [-0.25, -0.2) is 13.4 Å². The van der Waals surface area contributed by atoms with Crippen molar-refractivity contribution in [3.8, 4) is 11.5 Å². The summed E-state index contributed by atoms with van der Waals surface area (Å²) in [5.41, 5.74) is 1.19. The highest BCUT2D eigenvalue weighted by Crippen LogP contribution is 2.35. The first-order valence-corrected chi connectivity index (χ1v) is 7.03. The molecule has 0 atom stereocenters. The molecule has 0 unspecified atom stereocenters. The third kappa shape index (κ3) is 1.74. The molecule has 0 saturated heterocycles. The normalized spacial score (nSPS) is 16.1. The Balaban J connectivity index is 2.28. The van der Waals surface area contributed by atoms with Gasteiger partial charge >= 0.3 is 0 Å². The van der Waals surface area contributed by atoms with Crippen LogP contribution in [0.2, 0.25) is 0 Å². The van der Waals surface area contributed by atoms with E-state index in [2.05, 4.69) is 9.97 Å². The first-order chi connectivity index (χ1) is 8.56. The van der Waals surface area contributed by atoms with Crippen LogP contribution < -0.4 is 4.74 Å². The summed E-state index contributed by atoms with van der Waals surface area (Å²) < 4.78 is 30.1. The molecule has 2 aromatic heterocycles. The molecule has 2 aromatic rings. The van der Waals surface area contributed by atoms with E-state index < -0.39 is 9.84 Å². The van der Waals surface area contributed by atoms with E-state index >= 15 is 0 Å². The zero-order chi connectivity index (χ0) is 12.8. The third-order valence-electron chi connectivity index (χ3n) is 2.68. The van der Waals surface area contributed by atoms with Crippen LogP contribution in [0.25, 0.3) is 0 Å². The van der Waals surface area contributed by atoms with E-state index in [1.807, 2.05) is 0 Å². The van der Waals surface area contributed by atoms with Crippen molar-refractivity contribution in [1.82, 2.24) is 9.97 Å². The minimum absolute atomic E-state index is 0.00120. The van der Waals surface area contributed by atoms with Crippen LogP contribution in [-0.2, 0) is 15.6 Å². The van der Waals surface area contributed by atoms with Crippen LogP contribution in [-0.4, -0.2) is 18.4 Å². The molecule has 0 radical (unpaired) electrons. The van der Waals surface area contributed by atoms with Crippen LogP contribution >= 0.6 is 0 Å². The van der Waals surface area contributed by atoms with E-state index in [0.717, 1.165) is 0 Å². The number of sulfone groups is 1. The molecule has 1 aliphatic heterocycles. The van der Waals surface area contributed by atoms with Crippen molar-refractivity contribution in [2.45, 2.75) is 17.7 Å². The van der Waals surface area contributed by atoms with Crippen molar-refractivity contribution < 1.29 is 13.2 Å². The molecule has 6 heteroatoms. The summed E-state index contributed by atoms with van der Waals surface area (Å²) in [7, 11) is -3.49. The number of hydrogen-bond acceptors (Lipinski definition) is 5. The highest BCUT2D eigenvalue weighted by atomic mass is 32.2. The number of nitrogens with zero attached hydrogens (tertiary/aromatic N) is 2. The molecule has 0 spiro atoms. The predicted molar refractivity (Wildman–Crippen MR) is 64.2 cm³/mol. The molecule has 0 saturated carbocycles. The van der Waals surface area contributed by atoms with Gasteiger partial charge in [0.15, 0.2) is 10.8 Å². The van der Waals surface area contributed by atoms with Gasteiger partial charge in [-0.3, -0.25) is 4.98 Å². The lowest BCUT2D eigenvalue weighted by molar-refractivity contribution is 0.461. The standard InChI is InChI=1S/C12H10N2O3S/c1-8-2-3-11-12(14-8)18(15,16)7-9-6-13-5-4-10(9)17-11/h2-6H,7H2,1H3. The second-order valence-corrected chi connectivity index (χ2v) is 6.01. The lowest BCUT2D eigenvalue weighted by atomic mass is 10.3. The molecule has 0 N–H and O–H groups in total. The Morgan fingerprint density at radius 3 is 2.89 bits per heavy atom. The van der Waals surface area contributed by atoms with Crippen LogP contribution in [0.5, 0.6) is 11.5 Å². The molecule has 3 rings (SSSR count). The van der Waals surface area contributed by atoms with E-state index in [-0.39, 0.29) is 16.5 Å².